The molecule has 1 aliphatic heterocycles. The second kappa shape index (κ2) is 9.27. The number of nitro benzene ring substituents is 1. The normalized spacial score (nSPS) is 14.3. The van der Waals surface area contributed by atoms with Gasteiger partial charge in [-0.15, -0.1) is 0 Å². The van der Waals surface area contributed by atoms with Gasteiger partial charge in [-0.05, 0) is 43.2 Å². The van der Waals surface area contributed by atoms with Crippen LogP contribution in [0.5, 0.6) is 17.2 Å². The summed E-state index contributed by atoms with van der Waals surface area (Å²) in [6.45, 7) is 4.33. The smallest absolute Gasteiger partial charge is 0.311 e. The highest BCUT2D eigenvalue weighted by atomic mass is 79.9. The van der Waals surface area contributed by atoms with Gasteiger partial charge in [-0.25, -0.2) is 0 Å². The number of fused-ring (bicyclic) bond motifs is 1. The molecule has 0 aromatic heterocycles. The summed E-state index contributed by atoms with van der Waals surface area (Å²) >= 11 is 3.30. The lowest BCUT2D eigenvalue weighted by atomic mass is 9.79. The van der Waals surface area contributed by atoms with E-state index in [1.807, 2.05) is 68.4 Å². The van der Waals surface area contributed by atoms with Crippen LogP contribution in [-0.2, 0) is 0 Å². The van der Waals surface area contributed by atoms with Crippen LogP contribution < -0.4 is 14.2 Å². The highest BCUT2D eigenvalue weighted by Gasteiger charge is 2.37. The largest absolute Gasteiger partial charge is 0.497 e. The molecule has 0 aliphatic carbocycles. The number of rotatable bonds is 7. The molecule has 0 spiro atoms. The van der Waals surface area contributed by atoms with E-state index in [9.17, 15) is 10.1 Å². The Bertz CT molecular complexity index is 1220. The summed E-state index contributed by atoms with van der Waals surface area (Å²) in [5.41, 5.74) is 3.60. The van der Waals surface area contributed by atoms with Gasteiger partial charge >= 0.3 is 5.69 Å². The van der Waals surface area contributed by atoms with Crippen molar-refractivity contribution < 1.29 is 19.1 Å². The van der Waals surface area contributed by atoms with Crippen LogP contribution in [0.2, 0.25) is 0 Å². The van der Waals surface area contributed by atoms with Gasteiger partial charge in [-0.2, -0.15) is 0 Å². The van der Waals surface area contributed by atoms with E-state index >= 15 is 0 Å². The van der Waals surface area contributed by atoms with Gasteiger partial charge in [0.2, 0.25) is 0 Å². The van der Waals surface area contributed by atoms with Gasteiger partial charge in [0.05, 0.1) is 18.6 Å². The maximum Gasteiger partial charge on any atom is 0.311 e. The van der Waals surface area contributed by atoms with Crippen molar-refractivity contribution in [3.63, 3.8) is 0 Å². The maximum absolute atomic E-state index is 11.9. The molecule has 0 saturated carbocycles. The molecule has 33 heavy (non-hydrogen) atoms. The molecule has 6 nitrogen and oxygen atoms in total. The van der Waals surface area contributed by atoms with Crippen LogP contribution in [0.25, 0.3) is 11.1 Å². The number of nitro groups is 1. The van der Waals surface area contributed by atoms with Gasteiger partial charge < -0.3 is 14.2 Å². The number of ether oxygens (including phenoxy) is 3. The Morgan fingerprint density at radius 2 is 1.79 bits per heavy atom. The third kappa shape index (κ3) is 4.46. The Kier molecular flexibility index (Phi) is 6.42. The molecule has 170 valence electrons. The molecular weight excluding hydrogens is 486 g/mol. The third-order valence-corrected chi connectivity index (χ3v) is 5.84. The van der Waals surface area contributed by atoms with Crippen LogP contribution in [0.3, 0.4) is 0 Å². The Morgan fingerprint density at radius 3 is 2.45 bits per heavy atom. The molecule has 0 amide bonds. The highest BCUT2D eigenvalue weighted by Crippen LogP contribution is 2.49. The van der Waals surface area contributed by atoms with Crippen LogP contribution >= 0.6 is 15.9 Å². The molecule has 0 saturated heterocycles. The number of methoxy groups -OCH3 is 1. The Labute approximate surface area is 201 Å². The Morgan fingerprint density at radius 1 is 1.03 bits per heavy atom. The van der Waals surface area contributed by atoms with Crippen molar-refractivity contribution in [3.8, 4) is 17.2 Å². The average molecular weight is 510 g/mol. The van der Waals surface area contributed by atoms with Gasteiger partial charge in [0.1, 0.15) is 17.1 Å². The summed E-state index contributed by atoms with van der Waals surface area (Å²) in [7, 11) is 1.61. The molecule has 1 heterocycles. The lowest BCUT2D eigenvalue weighted by Crippen LogP contribution is -2.34. The minimum Gasteiger partial charge on any atom is -0.497 e. The second-order valence-electron chi connectivity index (χ2n) is 8.07. The molecule has 3 aromatic rings. The summed E-state index contributed by atoms with van der Waals surface area (Å²) in [5.74, 6) is 1.58. The molecule has 0 unspecified atom stereocenters. The zero-order valence-electron chi connectivity index (χ0n) is 18.6. The fourth-order valence-corrected chi connectivity index (χ4v) is 4.33. The quantitative estimate of drug-likeness (QED) is 0.206. The molecule has 1 aliphatic rings. The van der Waals surface area contributed by atoms with E-state index in [2.05, 4.69) is 15.9 Å². The van der Waals surface area contributed by atoms with E-state index in [-0.39, 0.29) is 11.4 Å². The molecule has 7 heteroatoms. The fraction of sp³-hybridized carbons (Fsp3) is 0.231. The van der Waals surface area contributed by atoms with E-state index in [1.54, 1.807) is 19.2 Å². The summed E-state index contributed by atoms with van der Waals surface area (Å²) < 4.78 is 17.4. The molecular formula is C26H24BrNO5. The first kappa shape index (κ1) is 22.9. The molecule has 0 N–H and O–H groups in total. The standard InChI is InChI=1S/C26H24BrNO5/c1-26(2)25(17-7-5-4-6-8-17)24(20-11-10-19(31-3)16-23(20)33-26)18-9-12-22(32-14-13-27)21(15-18)28(29)30/h4-12,15-16H,13-14H2,1-3H3. The Balaban J connectivity index is 2.02. The topological polar surface area (TPSA) is 70.8 Å². The molecule has 0 fully saturated rings. The van der Waals surface area contributed by atoms with Crippen LogP contribution in [0.4, 0.5) is 5.69 Å². The second-order valence-corrected chi connectivity index (χ2v) is 8.86. The van der Waals surface area contributed by atoms with E-state index in [4.69, 9.17) is 14.2 Å². The van der Waals surface area contributed by atoms with Crippen LogP contribution in [0.1, 0.15) is 30.5 Å². The van der Waals surface area contributed by atoms with Crippen LogP contribution in [0.15, 0.2) is 66.7 Å². The van der Waals surface area contributed by atoms with Crippen molar-refractivity contribution in [1.29, 1.82) is 0 Å². The van der Waals surface area contributed by atoms with Crippen molar-refractivity contribution in [2.24, 2.45) is 0 Å². The first-order valence-corrected chi connectivity index (χ1v) is 11.6. The van der Waals surface area contributed by atoms with Gasteiger partial charge in [-0.1, -0.05) is 52.3 Å². The molecule has 0 bridgehead atoms. The highest BCUT2D eigenvalue weighted by molar-refractivity contribution is 9.09. The minimum atomic E-state index is -0.698. The Hall–Kier alpha value is -3.32. The van der Waals surface area contributed by atoms with Crippen LogP contribution in [-0.4, -0.2) is 29.6 Å². The number of halogens is 1. The van der Waals surface area contributed by atoms with E-state index in [1.165, 1.54) is 0 Å². The van der Waals surface area contributed by atoms with Gasteiger partial charge in [-0.3, -0.25) is 10.1 Å². The lowest BCUT2D eigenvalue weighted by molar-refractivity contribution is -0.385. The molecule has 0 atom stereocenters. The van der Waals surface area contributed by atoms with E-state index in [0.717, 1.165) is 27.8 Å². The summed E-state index contributed by atoms with van der Waals surface area (Å²) in [4.78, 5) is 11.5. The average Bonchev–Trinajstić information content (AvgIpc) is 2.81. The predicted octanol–water partition coefficient (Wildman–Crippen LogP) is 6.51. The number of nitrogens with zero attached hydrogens (tertiary/aromatic N) is 1. The van der Waals surface area contributed by atoms with Crippen molar-refractivity contribution in [2.45, 2.75) is 19.4 Å². The van der Waals surface area contributed by atoms with Crippen molar-refractivity contribution in [1.82, 2.24) is 0 Å². The predicted molar refractivity (Wildman–Crippen MR) is 132 cm³/mol. The van der Waals surface area contributed by atoms with Gasteiger partial charge in [0, 0.05) is 34.2 Å². The molecule has 4 rings (SSSR count). The monoisotopic (exact) mass is 509 g/mol. The molecule has 0 radical (unpaired) electrons. The zero-order valence-corrected chi connectivity index (χ0v) is 20.2. The first-order chi connectivity index (χ1) is 15.9. The maximum atomic E-state index is 11.9. The first-order valence-electron chi connectivity index (χ1n) is 10.5. The minimum absolute atomic E-state index is 0.0762. The number of alkyl halides is 1. The van der Waals surface area contributed by atoms with Crippen molar-refractivity contribution in [3.05, 3.63) is 93.5 Å². The van der Waals surface area contributed by atoms with E-state index < -0.39 is 10.5 Å². The lowest BCUT2D eigenvalue weighted by Gasteiger charge is -2.37. The zero-order chi connectivity index (χ0) is 23.6. The number of hydrogen-bond donors (Lipinski definition) is 0. The number of hydrogen-bond acceptors (Lipinski definition) is 5. The fourth-order valence-electron chi connectivity index (χ4n) is 4.16. The van der Waals surface area contributed by atoms with Crippen LogP contribution in [0, 0.1) is 10.1 Å². The third-order valence-electron chi connectivity index (χ3n) is 5.52. The van der Waals surface area contributed by atoms with E-state index in [0.29, 0.717) is 23.4 Å². The van der Waals surface area contributed by atoms with Crippen molar-refractivity contribution in [2.75, 3.05) is 19.0 Å². The summed E-state index contributed by atoms with van der Waals surface area (Å²) in [6, 6.07) is 20.7. The van der Waals surface area contributed by atoms with Crippen molar-refractivity contribution >= 4 is 32.8 Å². The van der Waals surface area contributed by atoms with Gasteiger partial charge in [0.15, 0.2) is 5.75 Å². The summed E-state index contributed by atoms with van der Waals surface area (Å²) in [6.07, 6.45) is 0. The summed E-state index contributed by atoms with van der Waals surface area (Å²) in [5, 5.41) is 12.5. The van der Waals surface area contributed by atoms with Gasteiger partial charge in [0.25, 0.3) is 0 Å². The number of benzene rings is 3. The SMILES string of the molecule is COc1ccc2c(c1)OC(C)(C)C(c1ccccc1)=C2c1ccc(OCCBr)c([N+](=O)[O-])c1. The molecule has 3 aromatic carbocycles.